The fourth-order valence-corrected chi connectivity index (χ4v) is 5.30. The Morgan fingerprint density at radius 3 is 2.25 bits per heavy atom. The number of rotatable bonds is 14. The molecule has 1 atom stereocenters. The van der Waals surface area contributed by atoms with Gasteiger partial charge in [-0.15, -0.1) is 0 Å². The van der Waals surface area contributed by atoms with E-state index in [1.165, 1.54) is 5.56 Å². The van der Waals surface area contributed by atoms with Gasteiger partial charge in [-0.1, -0.05) is 102 Å². The predicted molar refractivity (Wildman–Crippen MR) is 154 cm³/mol. The van der Waals surface area contributed by atoms with Crippen LogP contribution in [0.4, 0.5) is 0 Å². The third-order valence-electron chi connectivity index (χ3n) is 5.91. The summed E-state index contributed by atoms with van der Waals surface area (Å²) in [5, 5.41) is 3.08. The highest BCUT2D eigenvalue weighted by Crippen LogP contribution is 2.20. The third-order valence-corrected chi connectivity index (χ3v) is 7.44. The highest BCUT2D eigenvalue weighted by Gasteiger charge is 2.30. The number of unbranched alkanes of at least 4 members (excludes halogenated alkanes) is 1. The molecule has 190 valence electrons. The number of halogens is 1. The first-order chi connectivity index (χ1) is 17.6. The maximum Gasteiger partial charge on any atom is 0.243 e. The molecule has 2 amide bonds. The molecular formula is C30H35BrN2O2S. The van der Waals surface area contributed by atoms with E-state index in [9.17, 15) is 9.59 Å². The molecule has 3 rings (SSSR count). The molecule has 0 aliphatic heterocycles. The number of hydrogen-bond donors (Lipinski definition) is 1. The predicted octanol–water partition coefficient (Wildman–Crippen LogP) is 6.63. The van der Waals surface area contributed by atoms with Crippen LogP contribution in [0.15, 0.2) is 89.4 Å². The van der Waals surface area contributed by atoms with Gasteiger partial charge < -0.3 is 10.2 Å². The third kappa shape index (κ3) is 9.47. The first kappa shape index (κ1) is 28.0. The monoisotopic (exact) mass is 566 g/mol. The number of carbonyl (C=O) groups is 2. The molecule has 3 aromatic rings. The van der Waals surface area contributed by atoms with E-state index < -0.39 is 6.04 Å². The molecule has 3 aromatic carbocycles. The summed E-state index contributed by atoms with van der Waals surface area (Å²) >= 11 is 5.28. The van der Waals surface area contributed by atoms with Gasteiger partial charge in [-0.25, -0.2) is 0 Å². The fourth-order valence-electron chi connectivity index (χ4n) is 3.96. The zero-order chi connectivity index (χ0) is 25.6. The second kappa shape index (κ2) is 15.5. The lowest BCUT2D eigenvalue weighted by atomic mass is 10.0. The summed E-state index contributed by atoms with van der Waals surface area (Å²) in [5.41, 5.74) is 3.28. The van der Waals surface area contributed by atoms with Crippen LogP contribution in [0.2, 0.25) is 0 Å². The average molecular weight is 568 g/mol. The smallest absolute Gasteiger partial charge is 0.243 e. The van der Waals surface area contributed by atoms with Crippen LogP contribution >= 0.6 is 27.7 Å². The molecule has 1 unspecified atom stereocenters. The van der Waals surface area contributed by atoms with Crippen LogP contribution in [-0.4, -0.2) is 35.1 Å². The molecule has 1 N–H and O–H groups in total. The summed E-state index contributed by atoms with van der Waals surface area (Å²) in [4.78, 5) is 28.8. The minimum atomic E-state index is -0.574. The highest BCUT2D eigenvalue weighted by molar-refractivity contribution is 9.10. The van der Waals surface area contributed by atoms with Crippen molar-refractivity contribution in [3.8, 4) is 0 Å². The van der Waals surface area contributed by atoms with Crippen LogP contribution in [0.25, 0.3) is 0 Å². The second-order valence-corrected chi connectivity index (χ2v) is 10.8. The van der Waals surface area contributed by atoms with Crippen molar-refractivity contribution >= 4 is 39.5 Å². The van der Waals surface area contributed by atoms with Gasteiger partial charge in [0.05, 0.1) is 0 Å². The van der Waals surface area contributed by atoms with Gasteiger partial charge in [-0.3, -0.25) is 9.59 Å². The number of amides is 2. The Labute approximate surface area is 228 Å². The molecule has 0 saturated carbocycles. The van der Waals surface area contributed by atoms with E-state index >= 15 is 0 Å². The van der Waals surface area contributed by atoms with E-state index in [0.717, 1.165) is 34.2 Å². The van der Waals surface area contributed by atoms with Gasteiger partial charge in [-0.05, 0) is 35.2 Å². The van der Waals surface area contributed by atoms with Gasteiger partial charge in [0.25, 0.3) is 0 Å². The highest BCUT2D eigenvalue weighted by atomic mass is 79.9. The van der Waals surface area contributed by atoms with Crippen molar-refractivity contribution in [3.63, 3.8) is 0 Å². The molecular weight excluding hydrogens is 532 g/mol. The van der Waals surface area contributed by atoms with E-state index in [4.69, 9.17) is 0 Å². The number of nitrogens with one attached hydrogen (secondary N) is 1. The Morgan fingerprint density at radius 2 is 1.58 bits per heavy atom. The maximum atomic E-state index is 13.6. The molecule has 6 heteroatoms. The molecule has 0 aliphatic carbocycles. The first-order valence-electron chi connectivity index (χ1n) is 12.5. The van der Waals surface area contributed by atoms with Crippen LogP contribution in [0.5, 0.6) is 0 Å². The molecule has 0 aliphatic rings. The molecule has 36 heavy (non-hydrogen) atoms. The van der Waals surface area contributed by atoms with Crippen LogP contribution in [0.3, 0.4) is 0 Å². The fraction of sp³-hybridized carbons (Fsp3) is 0.333. The molecule has 0 bridgehead atoms. The van der Waals surface area contributed by atoms with Crippen LogP contribution in [-0.2, 0) is 28.3 Å². The van der Waals surface area contributed by atoms with E-state index in [-0.39, 0.29) is 11.8 Å². The number of hydrogen-bond acceptors (Lipinski definition) is 3. The Bertz CT molecular complexity index is 1080. The normalized spacial score (nSPS) is 11.6. The molecule has 0 saturated heterocycles. The first-order valence-corrected chi connectivity index (χ1v) is 14.5. The van der Waals surface area contributed by atoms with E-state index in [1.807, 2.05) is 72.8 Å². The second-order valence-electron chi connectivity index (χ2n) is 8.79. The maximum absolute atomic E-state index is 13.6. The van der Waals surface area contributed by atoms with Crippen molar-refractivity contribution in [2.24, 2.45) is 0 Å². The summed E-state index contributed by atoms with van der Waals surface area (Å²) in [5.74, 6) is 1.48. The van der Waals surface area contributed by atoms with Gasteiger partial charge in [0.2, 0.25) is 11.8 Å². The number of benzene rings is 3. The zero-order valence-electron chi connectivity index (χ0n) is 20.9. The Balaban J connectivity index is 1.78. The summed E-state index contributed by atoms with van der Waals surface area (Å²) in [6.45, 7) is 3.11. The molecule has 0 aromatic heterocycles. The Kier molecular flexibility index (Phi) is 12.1. The molecule has 4 nitrogen and oxygen atoms in total. The van der Waals surface area contributed by atoms with Crippen molar-refractivity contribution in [1.29, 1.82) is 0 Å². The quantitative estimate of drug-likeness (QED) is 0.223. The average Bonchev–Trinajstić information content (AvgIpc) is 2.90. The zero-order valence-corrected chi connectivity index (χ0v) is 23.3. The van der Waals surface area contributed by atoms with Crippen molar-refractivity contribution in [2.45, 2.75) is 50.9 Å². The lowest BCUT2D eigenvalue weighted by Crippen LogP contribution is -2.50. The van der Waals surface area contributed by atoms with Gasteiger partial charge in [0.15, 0.2) is 0 Å². The summed E-state index contributed by atoms with van der Waals surface area (Å²) in [6, 6.07) is 27.6. The van der Waals surface area contributed by atoms with Gasteiger partial charge in [0, 0.05) is 41.9 Å². The molecule has 0 radical (unpaired) electrons. The van der Waals surface area contributed by atoms with Crippen molar-refractivity contribution in [2.75, 3.05) is 12.3 Å². The Morgan fingerprint density at radius 1 is 0.917 bits per heavy atom. The van der Waals surface area contributed by atoms with Gasteiger partial charge >= 0.3 is 0 Å². The van der Waals surface area contributed by atoms with Crippen molar-refractivity contribution in [1.82, 2.24) is 10.2 Å². The molecule has 0 spiro atoms. The Hall–Kier alpha value is -2.57. The standard InChI is InChI=1S/C30H35BrN2O2S/c1-2-3-18-32-30(35)28(21-24-11-6-4-7-12-24)33(22-26-15-10-16-27(31)20-26)29(34)17-19-36-23-25-13-8-5-9-14-25/h4-16,20,28H,2-3,17-19,21-23H2,1H3,(H,32,35). The van der Waals surface area contributed by atoms with E-state index in [2.05, 4.69) is 40.3 Å². The largest absolute Gasteiger partial charge is 0.354 e. The SMILES string of the molecule is CCCCNC(=O)C(Cc1ccccc1)N(Cc1cccc(Br)c1)C(=O)CCSCc1ccccc1. The lowest BCUT2D eigenvalue weighted by molar-refractivity contribution is -0.141. The summed E-state index contributed by atoms with van der Waals surface area (Å²) in [7, 11) is 0. The van der Waals surface area contributed by atoms with Crippen LogP contribution in [0, 0.1) is 0 Å². The number of nitrogens with zero attached hydrogens (tertiary/aromatic N) is 1. The molecule has 0 fully saturated rings. The molecule has 0 heterocycles. The van der Waals surface area contributed by atoms with Crippen molar-refractivity contribution in [3.05, 3.63) is 106 Å². The topological polar surface area (TPSA) is 49.4 Å². The minimum Gasteiger partial charge on any atom is -0.354 e. The minimum absolute atomic E-state index is 0.00195. The lowest BCUT2D eigenvalue weighted by Gasteiger charge is -2.31. The van der Waals surface area contributed by atoms with E-state index in [1.54, 1.807) is 16.7 Å². The number of thioether (sulfide) groups is 1. The number of carbonyl (C=O) groups excluding carboxylic acids is 2. The van der Waals surface area contributed by atoms with E-state index in [0.29, 0.717) is 31.7 Å². The summed E-state index contributed by atoms with van der Waals surface area (Å²) < 4.78 is 0.956. The van der Waals surface area contributed by atoms with Gasteiger partial charge in [0.1, 0.15) is 6.04 Å². The summed E-state index contributed by atoms with van der Waals surface area (Å²) in [6.07, 6.45) is 2.79. The van der Waals surface area contributed by atoms with Crippen molar-refractivity contribution < 1.29 is 9.59 Å². The van der Waals surface area contributed by atoms with Crippen LogP contribution < -0.4 is 5.32 Å². The van der Waals surface area contributed by atoms with Crippen LogP contribution in [0.1, 0.15) is 42.9 Å². The van der Waals surface area contributed by atoms with Gasteiger partial charge in [-0.2, -0.15) is 11.8 Å².